The quantitative estimate of drug-likeness (QED) is 0.497. The molecule has 2 aromatic carbocycles. The number of piperidine rings is 1. The van der Waals surface area contributed by atoms with E-state index >= 15 is 0 Å². The van der Waals surface area contributed by atoms with Gasteiger partial charge in [-0.2, -0.15) is 4.98 Å². The Kier molecular flexibility index (Phi) is 6.32. The van der Waals surface area contributed by atoms with Gasteiger partial charge in [0, 0.05) is 32.1 Å². The van der Waals surface area contributed by atoms with E-state index < -0.39 is 11.6 Å². The van der Waals surface area contributed by atoms with Gasteiger partial charge < -0.3 is 14.5 Å². The van der Waals surface area contributed by atoms with Gasteiger partial charge >= 0.3 is 0 Å². The fraction of sp³-hybridized carbons (Fsp3) is 0.320. The number of carbonyl (C=O) groups excluding carboxylic acids is 1. The average Bonchev–Trinajstić information content (AvgIpc) is 2.86. The normalized spacial score (nSPS) is 15.7. The van der Waals surface area contributed by atoms with Crippen LogP contribution in [-0.4, -0.2) is 40.4 Å². The average molecular weight is 485 g/mol. The summed E-state index contributed by atoms with van der Waals surface area (Å²) >= 11 is 6.24. The Balaban J connectivity index is 1.51. The second-order valence-corrected chi connectivity index (χ2v) is 8.84. The molecular weight excluding hydrogens is 462 g/mol. The summed E-state index contributed by atoms with van der Waals surface area (Å²) in [6.07, 6.45) is 3.74. The molecule has 2 aliphatic heterocycles. The van der Waals surface area contributed by atoms with Crippen LogP contribution in [-0.2, 0) is 13.0 Å². The fourth-order valence-corrected chi connectivity index (χ4v) is 4.55. The first-order valence-corrected chi connectivity index (χ1v) is 11.7. The van der Waals surface area contributed by atoms with Gasteiger partial charge in [0.2, 0.25) is 11.8 Å². The Morgan fingerprint density at radius 1 is 1.00 bits per heavy atom. The fourth-order valence-electron chi connectivity index (χ4n) is 4.33. The third kappa shape index (κ3) is 4.55. The van der Waals surface area contributed by atoms with E-state index in [4.69, 9.17) is 21.3 Å². The number of halogens is 3. The number of aromatic nitrogens is 2. The third-order valence-corrected chi connectivity index (χ3v) is 6.47. The molecule has 0 bridgehead atoms. The Labute approximate surface area is 201 Å². The summed E-state index contributed by atoms with van der Waals surface area (Å²) in [6, 6.07) is 10.0. The molecule has 34 heavy (non-hydrogen) atoms. The second-order valence-electron chi connectivity index (χ2n) is 8.44. The van der Waals surface area contributed by atoms with Gasteiger partial charge in [0.1, 0.15) is 5.82 Å². The van der Waals surface area contributed by atoms with Crippen molar-refractivity contribution in [3.05, 3.63) is 75.9 Å². The number of amides is 1. The molecule has 2 aliphatic rings. The van der Waals surface area contributed by atoms with Gasteiger partial charge in [0.15, 0.2) is 11.6 Å². The van der Waals surface area contributed by atoms with E-state index in [-0.39, 0.29) is 24.1 Å². The zero-order valence-corrected chi connectivity index (χ0v) is 19.2. The molecule has 1 amide bonds. The molecule has 176 valence electrons. The summed E-state index contributed by atoms with van der Waals surface area (Å²) in [5.41, 5.74) is 1.78. The van der Waals surface area contributed by atoms with Gasteiger partial charge in [-0.1, -0.05) is 23.7 Å². The Bertz CT molecular complexity index is 1230. The molecule has 0 radical (unpaired) electrons. The molecule has 0 aliphatic carbocycles. The zero-order valence-electron chi connectivity index (χ0n) is 18.4. The first-order valence-electron chi connectivity index (χ1n) is 11.3. The molecule has 3 aromatic rings. The number of rotatable bonds is 4. The summed E-state index contributed by atoms with van der Waals surface area (Å²) in [5, 5.41) is 0.375. The largest absolute Gasteiger partial charge is 0.435 e. The minimum Gasteiger partial charge on any atom is -0.435 e. The minimum absolute atomic E-state index is 0.138. The first kappa shape index (κ1) is 22.5. The van der Waals surface area contributed by atoms with Crippen LogP contribution in [0.1, 0.15) is 40.9 Å². The van der Waals surface area contributed by atoms with Crippen LogP contribution in [0.3, 0.4) is 0 Å². The van der Waals surface area contributed by atoms with E-state index in [0.29, 0.717) is 35.1 Å². The summed E-state index contributed by atoms with van der Waals surface area (Å²) < 4.78 is 33.7. The van der Waals surface area contributed by atoms with Crippen molar-refractivity contribution in [1.82, 2.24) is 14.9 Å². The zero-order chi connectivity index (χ0) is 23.7. The molecule has 1 aromatic heterocycles. The van der Waals surface area contributed by atoms with E-state index in [1.807, 2.05) is 0 Å². The molecule has 6 nitrogen and oxygen atoms in total. The number of hydrogen-bond donors (Lipinski definition) is 0. The Hall–Kier alpha value is -3.26. The highest BCUT2D eigenvalue weighted by molar-refractivity contribution is 6.33. The van der Waals surface area contributed by atoms with E-state index in [2.05, 4.69) is 9.88 Å². The standard InChI is InChI=1S/C25H23ClF2N4O2/c26-19-7-3-2-6-17(19)24(33)32-13-10-21-18(15-32)23(34-22-9-8-16(27)14-20(22)28)30-25(29-21)31-11-4-1-5-12-31/h2-3,6-9,14H,1,4-5,10-13,15H2. The molecule has 0 saturated carbocycles. The summed E-state index contributed by atoms with van der Waals surface area (Å²) in [4.78, 5) is 26.3. The van der Waals surface area contributed by atoms with Crippen LogP contribution in [0.2, 0.25) is 5.02 Å². The lowest BCUT2D eigenvalue weighted by Gasteiger charge is -2.32. The van der Waals surface area contributed by atoms with E-state index in [0.717, 1.165) is 50.2 Å². The van der Waals surface area contributed by atoms with Crippen LogP contribution in [0.5, 0.6) is 11.6 Å². The van der Waals surface area contributed by atoms with Crippen LogP contribution in [0.15, 0.2) is 42.5 Å². The lowest BCUT2D eigenvalue weighted by Crippen LogP contribution is -2.38. The molecule has 1 saturated heterocycles. The van der Waals surface area contributed by atoms with Gasteiger partial charge in [-0.3, -0.25) is 4.79 Å². The predicted molar refractivity (Wildman–Crippen MR) is 124 cm³/mol. The molecular formula is C25H23ClF2N4O2. The molecule has 1 fully saturated rings. The number of hydrogen-bond acceptors (Lipinski definition) is 5. The predicted octanol–water partition coefficient (Wildman–Crippen LogP) is 5.39. The van der Waals surface area contributed by atoms with Crippen molar-refractivity contribution >= 4 is 23.5 Å². The SMILES string of the molecule is O=C(c1ccccc1Cl)N1CCc2nc(N3CCCCC3)nc(Oc3ccc(F)cc3F)c2C1. The topological polar surface area (TPSA) is 58.6 Å². The maximum absolute atomic E-state index is 14.4. The minimum atomic E-state index is -0.827. The molecule has 0 atom stereocenters. The lowest BCUT2D eigenvalue weighted by molar-refractivity contribution is 0.0732. The molecule has 0 N–H and O–H groups in total. The summed E-state index contributed by atoms with van der Waals surface area (Å²) in [7, 11) is 0. The highest BCUT2D eigenvalue weighted by Gasteiger charge is 2.29. The lowest BCUT2D eigenvalue weighted by atomic mass is 10.0. The smallest absolute Gasteiger partial charge is 0.255 e. The summed E-state index contributed by atoms with van der Waals surface area (Å²) in [5.74, 6) is -1.17. The van der Waals surface area contributed by atoms with Crippen LogP contribution in [0.25, 0.3) is 0 Å². The van der Waals surface area contributed by atoms with Crippen molar-refractivity contribution in [2.45, 2.75) is 32.2 Å². The van der Waals surface area contributed by atoms with Crippen molar-refractivity contribution in [2.24, 2.45) is 0 Å². The Morgan fingerprint density at radius 3 is 2.56 bits per heavy atom. The van der Waals surface area contributed by atoms with Crippen LogP contribution < -0.4 is 9.64 Å². The third-order valence-electron chi connectivity index (χ3n) is 6.14. The highest BCUT2D eigenvalue weighted by Crippen LogP contribution is 2.34. The number of ether oxygens (including phenoxy) is 1. The molecule has 9 heteroatoms. The van der Waals surface area contributed by atoms with Crippen LogP contribution in [0, 0.1) is 11.6 Å². The number of nitrogens with zero attached hydrogens (tertiary/aromatic N) is 4. The van der Waals surface area contributed by atoms with Crippen LogP contribution >= 0.6 is 11.6 Å². The highest BCUT2D eigenvalue weighted by atomic mass is 35.5. The Morgan fingerprint density at radius 2 is 1.79 bits per heavy atom. The van der Waals surface area contributed by atoms with Gasteiger partial charge in [-0.15, -0.1) is 0 Å². The van der Waals surface area contributed by atoms with Gasteiger partial charge in [0.25, 0.3) is 5.91 Å². The number of benzene rings is 2. The molecule has 3 heterocycles. The molecule has 5 rings (SSSR count). The van der Waals surface area contributed by atoms with Crippen LogP contribution in [0.4, 0.5) is 14.7 Å². The molecule has 0 unspecified atom stereocenters. The summed E-state index contributed by atoms with van der Waals surface area (Å²) in [6.45, 7) is 2.32. The first-order chi connectivity index (χ1) is 16.5. The van der Waals surface area contributed by atoms with Gasteiger partial charge in [0.05, 0.1) is 28.4 Å². The monoisotopic (exact) mass is 484 g/mol. The van der Waals surface area contributed by atoms with Crippen molar-refractivity contribution in [2.75, 3.05) is 24.5 Å². The van der Waals surface area contributed by atoms with Crippen molar-refractivity contribution in [3.8, 4) is 11.6 Å². The maximum Gasteiger partial charge on any atom is 0.255 e. The maximum atomic E-state index is 14.4. The number of anilines is 1. The number of fused-ring (bicyclic) bond motifs is 1. The van der Waals surface area contributed by atoms with Crippen molar-refractivity contribution in [1.29, 1.82) is 0 Å². The van der Waals surface area contributed by atoms with E-state index in [1.54, 1.807) is 29.2 Å². The van der Waals surface area contributed by atoms with Crippen molar-refractivity contribution in [3.63, 3.8) is 0 Å². The second kappa shape index (κ2) is 9.54. The van der Waals surface area contributed by atoms with E-state index in [9.17, 15) is 13.6 Å². The van der Waals surface area contributed by atoms with Gasteiger partial charge in [-0.25, -0.2) is 13.8 Å². The van der Waals surface area contributed by atoms with Gasteiger partial charge in [-0.05, 0) is 43.5 Å². The number of carbonyl (C=O) groups is 1. The molecule has 0 spiro atoms. The van der Waals surface area contributed by atoms with E-state index in [1.165, 1.54) is 6.07 Å². The van der Waals surface area contributed by atoms with Crippen molar-refractivity contribution < 1.29 is 18.3 Å².